The SMILES string of the molecule is O=C(c1cc(N2CCC(c3ncc[nH]3)CC2)ccn1)N1CCCCC1. The Morgan fingerprint density at radius 3 is 2.56 bits per heavy atom. The first-order chi connectivity index (χ1) is 12.3. The molecule has 0 bridgehead atoms. The minimum absolute atomic E-state index is 0.0759. The van der Waals surface area contributed by atoms with E-state index in [1.165, 1.54) is 6.42 Å². The maximum absolute atomic E-state index is 12.7. The summed E-state index contributed by atoms with van der Waals surface area (Å²) in [5.74, 6) is 1.67. The van der Waals surface area contributed by atoms with Gasteiger partial charge in [0.2, 0.25) is 0 Å². The number of amides is 1. The molecular formula is C19H25N5O. The number of aromatic amines is 1. The second-order valence-corrected chi connectivity index (χ2v) is 6.99. The first-order valence-corrected chi connectivity index (χ1v) is 9.31. The summed E-state index contributed by atoms with van der Waals surface area (Å²) in [6.45, 7) is 3.68. The van der Waals surface area contributed by atoms with E-state index in [1.54, 1.807) is 6.20 Å². The Kier molecular flexibility index (Phi) is 4.68. The second-order valence-electron chi connectivity index (χ2n) is 6.99. The van der Waals surface area contributed by atoms with Gasteiger partial charge in [-0.2, -0.15) is 0 Å². The summed E-state index contributed by atoms with van der Waals surface area (Å²) in [5, 5.41) is 0. The highest BCUT2D eigenvalue weighted by Crippen LogP contribution is 2.28. The molecule has 0 radical (unpaired) electrons. The number of nitrogens with one attached hydrogen (secondary N) is 1. The second kappa shape index (κ2) is 7.25. The van der Waals surface area contributed by atoms with Crippen molar-refractivity contribution in [2.45, 2.75) is 38.0 Å². The predicted molar refractivity (Wildman–Crippen MR) is 96.8 cm³/mol. The van der Waals surface area contributed by atoms with Crippen LogP contribution in [0.2, 0.25) is 0 Å². The minimum Gasteiger partial charge on any atom is -0.371 e. The lowest BCUT2D eigenvalue weighted by Gasteiger charge is -2.33. The molecule has 6 heteroatoms. The molecule has 2 aromatic rings. The molecular weight excluding hydrogens is 314 g/mol. The Balaban J connectivity index is 1.42. The number of likely N-dealkylation sites (tertiary alicyclic amines) is 1. The molecule has 0 unspecified atom stereocenters. The van der Waals surface area contributed by atoms with Gasteiger partial charge in [-0.25, -0.2) is 4.98 Å². The van der Waals surface area contributed by atoms with Gasteiger partial charge in [0.25, 0.3) is 5.91 Å². The molecule has 25 heavy (non-hydrogen) atoms. The molecule has 2 saturated heterocycles. The smallest absolute Gasteiger partial charge is 0.272 e. The van der Waals surface area contributed by atoms with Crippen LogP contribution >= 0.6 is 0 Å². The third-order valence-corrected chi connectivity index (χ3v) is 5.37. The van der Waals surface area contributed by atoms with E-state index in [0.717, 1.165) is 63.4 Å². The summed E-state index contributed by atoms with van der Waals surface area (Å²) >= 11 is 0. The Morgan fingerprint density at radius 2 is 1.84 bits per heavy atom. The topological polar surface area (TPSA) is 65.1 Å². The van der Waals surface area contributed by atoms with Crippen molar-refractivity contribution >= 4 is 11.6 Å². The van der Waals surface area contributed by atoms with Gasteiger partial charge in [-0.05, 0) is 44.2 Å². The standard InChI is InChI=1S/C19H25N5O/c25-19(24-10-2-1-3-11-24)17-14-16(4-7-20-17)23-12-5-15(6-13-23)18-21-8-9-22-18/h4,7-9,14-15H,1-3,5-6,10-13H2,(H,21,22). The van der Waals surface area contributed by atoms with Gasteiger partial charge in [0, 0.05) is 56.4 Å². The highest BCUT2D eigenvalue weighted by Gasteiger charge is 2.24. The van der Waals surface area contributed by atoms with Crippen molar-refractivity contribution < 1.29 is 4.79 Å². The van der Waals surface area contributed by atoms with E-state index in [2.05, 4.69) is 19.9 Å². The summed E-state index contributed by atoms with van der Waals surface area (Å²) in [7, 11) is 0. The molecule has 1 N–H and O–H groups in total. The average Bonchev–Trinajstić information content (AvgIpc) is 3.23. The fourth-order valence-corrected chi connectivity index (χ4v) is 3.90. The van der Waals surface area contributed by atoms with Crippen LogP contribution in [0.5, 0.6) is 0 Å². The van der Waals surface area contributed by atoms with Crippen LogP contribution in [0.1, 0.15) is 54.3 Å². The van der Waals surface area contributed by atoms with Gasteiger partial charge < -0.3 is 14.8 Å². The first kappa shape index (κ1) is 16.1. The molecule has 2 fully saturated rings. The van der Waals surface area contributed by atoms with Gasteiger partial charge in [-0.3, -0.25) is 9.78 Å². The van der Waals surface area contributed by atoms with Crippen LogP contribution in [0.4, 0.5) is 5.69 Å². The third kappa shape index (κ3) is 3.52. The van der Waals surface area contributed by atoms with Crippen LogP contribution in [0.15, 0.2) is 30.7 Å². The Labute approximate surface area is 148 Å². The van der Waals surface area contributed by atoms with E-state index in [-0.39, 0.29) is 5.91 Å². The van der Waals surface area contributed by atoms with Crippen LogP contribution in [0.3, 0.4) is 0 Å². The van der Waals surface area contributed by atoms with Gasteiger partial charge in [-0.1, -0.05) is 0 Å². The fraction of sp³-hybridized carbons (Fsp3) is 0.526. The van der Waals surface area contributed by atoms with Crippen LogP contribution in [-0.2, 0) is 0 Å². The molecule has 2 aliphatic heterocycles. The van der Waals surface area contributed by atoms with Gasteiger partial charge in [-0.15, -0.1) is 0 Å². The predicted octanol–water partition coefficient (Wildman–Crippen LogP) is 2.81. The first-order valence-electron chi connectivity index (χ1n) is 9.31. The van der Waals surface area contributed by atoms with Gasteiger partial charge in [0.05, 0.1) is 0 Å². The minimum atomic E-state index is 0.0759. The lowest BCUT2D eigenvalue weighted by atomic mass is 9.96. The van der Waals surface area contributed by atoms with Crippen molar-refractivity contribution in [2.24, 2.45) is 0 Å². The Hall–Kier alpha value is -2.37. The number of rotatable bonds is 3. The maximum Gasteiger partial charge on any atom is 0.272 e. The summed E-state index contributed by atoms with van der Waals surface area (Å²) in [4.78, 5) is 28.9. The lowest BCUT2D eigenvalue weighted by molar-refractivity contribution is 0.0718. The molecule has 1 amide bonds. The number of H-pyrrole nitrogens is 1. The lowest BCUT2D eigenvalue weighted by Crippen LogP contribution is -2.36. The molecule has 132 valence electrons. The molecule has 2 aromatic heterocycles. The number of nitrogens with zero attached hydrogens (tertiary/aromatic N) is 4. The number of hydrogen-bond donors (Lipinski definition) is 1. The fourth-order valence-electron chi connectivity index (χ4n) is 3.90. The van der Waals surface area contributed by atoms with Gasteiger partial charge >= 0.3 is 0 Å². The van der Waals surface area contributed by atoms with Crippen molar-refractivity contribution in [3.63, 3.8) is 0 Å². The van der Waals surface area contributed by atoms with Crippen molar-refractivity contribution in [2.75, 3.05) is 31.1 Å². The van der Waals surface area contributed by atoms with Crippen LogP contribution < -0.4 is 4.90 Å². The summed E-state index contributed by atoms with van der Waals surface area (Å²) in [6.07, 6.45) is 11.1. The van der Waals surface area contributed by atoms with E-state index in [9.17, 15) is 4.79 Å². The number of piperidine rings is 2. The van der Waals surface area contributed by atoms with E-state index >= 15 is 0 Å². The monoisotopic (exact) mass is 339 g/mol. The zero-order valence-electron chi connectivity index (χ0n) is 14.5. The van der Waals surface area contributed by atoms with Crippen LogP contribution in [0, 0.1) is 0 Å². The summed E-state index contributed by atoms with van der Waals surface area (Å²) in [6, 6.07) is 3.98. The van der Waals surface area contributed by atoms with Gasteiger partial charge in [0.1, 0.15) is 11.5 Å². The number of anilines is 1. The largest absolute Gasteiger partial charge is 0.371 e. The molecule has 0 aromatic carbocycles. The van der Waals surface area contributed by atoms with Crippen molar-refractivity contribution in [3.05, 3.63) is 42.2 Å². The zero-order chi connectivity index (χ0) is 17.1. The summed E-state index contributed by atoms with van der Waals surface area (Å²) in [5.41, 5.74) is 1.68. The average molecular weight is 339 g/mol. The molecule has 0 aliphatic carbocycles. The highest BCUT2D eigenvalue weighted by molar-refractivity contribution is 5.93. The third-order valence-electron chi connectivity index (χ3n) is 5.37. The highest BCUT2D eigenvalue weighted by atomic mass is 16.2. The van der Waals surface area contributed by atoms with Crippen molar-refractivity contribution in [3.8, 4) is 0 Å². The number of aromatic nitrogens is 3. The van der Waals surface area contributed by atoms with Crippen LogP contribution in [0.25, 0.3) is 0 Å². The molecule has 4 heterocycles. The summed E-state index contributed by atoms with van der Waals surface area (Å²) < 4.78 is 0. The number of carbonyl (C=O) groups is 1. The molecule has 4 rings (SSSR count). The maximum atomic E-state index is 12.7. The Bertz CT molecular complexity index is 700. The van der Waals surface area contributed by atoms with Crippen molar-refractivity contribution in [1.29, 1.82) is 0 Å². The molecule has 0 spiro atoms. The van der Waals surface area contributed by atoms with Gasteiger partial charge in [0.15, 0.2) is 0 Å². The number of imidazole rings is 1. The normalized spacial score (nSPS) is 19.2. The van der Waals surface area contributed by atoms with Crippen molar-refractivity contribution in [1.82, 2.24) is 19.9 Å². The Morgan fingerprint density at radius 1 is 1.04 bits per heavy atom. The number of hydrogen-bond acceptors (Lipinski definition) is 4. The number of carbonyl (C=O) groups excluding carboxylic acids is 1. The molecule has 0 atom stereocenters. The number of pyridine rings is 1. The van der Waals surface area contributed by atoms with E-state index in [0.29, 0.717) is 11.6 Å². The van der Waals surface area contributed by atoms with E-state index < -0.39 is 0 Å². The molecule has 6 nitrogen and oxygen atoms in total. The van der Waals surface area contributed by atoms with E-state index in [1.807, 2.05) is 29.4 Å². The molecule has 2 aliphatic rings. The molecule has 0 saturated carbocycles. The zero-order valence-corrected chi connectivity index (χ0v) is 14.5. The van der Waals surface area contributed by atoms with E-state index in [4.69, 9.17) is 0 Å². The van der Waals surface area contributed by atoms with Crippen LogP contribution in [-0.4, -0.2) is 51.9 Å². The quantitative estimate of drug-likeness (QED) is 0.934.